The number of thiazole rings is 1. The van der Waals surface area contributed by atoms with Gasteiger partial charge in [0, 0.05) is 21.1 Å². The molecule has 32 heavy (non-hydrogen) atoms. The predicted molar refractivity (Wildman–Crippen MR) is 137 cm³/mol. The van der Waals surface area contributed by atoms with Gasteiger partial charge in [-0.15, -0.1) is 23.1 Å². The zero-order valence-corrected chi connectivity index (χ0v) is 19.9. The third-order valence-corrected chi connectivity index (χ3v) is 6.68. The second kappa shape index (κ2) is 10.6. The average Bonchev–Trinajstić information content (AvgIpc) is 3.24. The molecule has 1 N–H and O–H groups in total. The van der Waals surface area contributed by atoms with E-state index in [2.05, 4.69) is 84.8 Å². The minimum absolute atomic E-state index is 0.0478. The van der Waals surface area contributed by atoms with Crippen LogP contribution in [0.2, 0.25) is 0 Å². The first-order valence-corrected chi connectivity index (χ1v) is 12.5. The van der Waals surface area contributed by atoms with Crippen molar-refractivity contribution in [3.8, 4) is 11.3 Å². The maximum atomic E-state index is 12.5. The smallest absolute Gasteiger partial charge is 0.230 e. The summed E-state index contributed by atoms with van der Waals surface area (Å²) in [5, 5.41) is 6.10. The van der Waals surface area contributed by atoms with Crippen LogP contribution < -0.4 is 5.32 Å². The number of rotatable bonds is 8. The van der Waals surface area contributed by atoms with Gasteiger partial charge in [0.1, 0.15) is 0 Å². The third kappa shape index (κ3) is 6.31. The molecule has 0 radical (unpaired) electrons. The number of carbonyl (C=O) groups excluding carboxylic acids is 1. The highest BCUT2D eigenvalue weighted by Crippen LogP contribution is 2.26. The quantitative estimate of drug-likeness (QED) is 0.287. The molecule has 0 aliphatic heterocycles. The number of amides is 1. The van der Waals surface area contributed by atoms with Crippen molar-refractivity contribution in [2.45, 2.75) is 36.8 Å². The van der Waals surface area contributed by atoms with E-state index >= 15 is 0 Å². The van der Waals surface area contributed by atoms with E-state index in [1.54, 1.807) is 0 Å². The summed E-state index contributed by atoms with van der Waals surface area (Å²) in [6.07, 6.45) is 1.26. The van der Waals surface area contributed by atoms with E-state index in [0.29, 0.717) is 16.8 Å². The maximum Gasteiger partial charge on any atom is 0.230 e. The molecule has 4 rings (SSSR count). The Bertz CT molecular complexity index is 1150. The molecule has 3 aromatic carbocycles. The first kappa shape index (κ1) is 22.3. The van der Waals surface area contributed by atoms with E-state index in [1.165, 1.54) is 27.4 Å². The lowest BCUT2D eigenvalue weighted by molar-refractivity contribution is -0.115. The largest absolute Gasteiger partial charge is 0.302 e. The fourth-order valence-electron chi connectivity index (χ4n) is 3.40. The summed E-state index contributed by atoms with van der Waals surface area (Å²) in [6, 6.07) is 27.1. The van der Waals surface area contributed by atoms with Crippen LogP contribution >= 0.6 is 23.1 Å². The molecule has 5 heteroatoms. The lowest BCUT2D eigenvalue weighted by Gasteiger charge is -2.06. The van der Waals surface area contributed by atoms with E-state index in [9.17, 15) is 4.79 Å². The molecule has 0 atom stereocenters. The molecule has 0 fully saturated rings. The summed E-state index contributed by atoms with van der Waals surface area (Å²) >= 11 is 3.27. The molecule has 0 saturated heterocycles. The lowest BCUT2D eigenvalue weighted by Crippen LogP contribution is -2.14. The molecule has 1 aromatic heterocycles. The second-order valence-electron chi connectivity index (χ2n) is 7.93. The Labute approximate surface area is 197 Å². The van der Waals surface area contributed by atoms with Gasteiger partial charge in [0.2, 0.25) is 5.91 Å². The van der Waals surface area contributed by atoms with Gasteiger partial charge in [0.05, 0.1) is 12.1 Å². The van der Waals surface area contributed by atoms with E-state index in [1.807, 2.05) is 35.3 Å². The van der Waals surface area contributed by atoms with Crippen molar-refractivity contribution in [3.63, 3.8) is 0 Å². The number of aromatic nitrogens is 1. The first-order valence-electron chi connectivity index (χ1n) is 10.7. The Hall–Kier alpha value is -2.89. The SMILES string of the molecule is CC(C)Sc1ccc(CC(=O)Nc2nc(-c3ccc(Cc4ccccc4)cc3)cs2)cc1. The maximum absolute atomic E-state index is 12.5. The first-order chi connectivity index (χ1) is 15.5. The molecular formula is C27H26N2OS2. The highest BCUT2D eigenvalue weighted by molar-refractivity contribution is 7.99. The van der Waals surface area contributed by atoms with Gasteiger partial charge in [-0.2, -0.15) is 0 Å². The Balaban J connectivity index is 1.33. The van der Waals surface area contributed by atoms with Crippen LogP contribution in [-0.2, 0) is 17.6 Å². The molecule has 0 aliphatic carbocycles. The number of nitrogens with zero attached hydrogens (tertiary/aromatic N) is 1. The summed E-state index contributed by atoms with van der Waals surface area (Å²) in [5.74, 6) is -0.0478. The third-order valence-electron chi connectivity index (χ3n) is 4.91. The van der Waals surface area contributed by atoms with Gasteiger partial charge in [-0.05, 0) is 35.2 Å². The van der Waals surface area contributed by atoms with Crippen molar-refractivity contribution in [2.24, 2.45) is 0 Å². The van der Waals surface area contributed by atoms with Gasteiger partial charge >= 0.3 is 0 Å². The zero-order chi connectivity index (χ0) is 22.3. The summed E-state index contributed by atoms with van der Waals surface area (Å²) in [5.41, 5.74) is 5.50. The van der Waals surface area contributed by atoms with Gasteiger partial charge in [0.25, 0.3) is 0 Å². The number of nitrogens with one attached hydrogen (secondary N) is 1. The summed E-state index contributed by atoms with van der Waals surface area (Å²) < 4.78 is 0. The number of thioether (sulfide) groups is 1. The van der Waals surface area contributed by atoms with Crippen molar-refractivity contribution < 1.29 is 4.79 Å². The van der Waals surface area contributed by atoms with Gasteiger partial charge in [-0.25, -0.2) is 4.98 Å². The molecule has 1 heterocycles. The predicted octanol–water partition coefficient (Wildman–Crippen LogP) is 7.08. The van der Waals surface area contributed by atoms with E-state index < -0.39 is 0 Å². The van der Waals surface area contributed by atoms with Crippen molar-refractivity contribution in [2.75, 3.05) is 5.32 Å². The van der Waals surface area contributed by atoms with Crippen LogP contribution in [0.5, 0.6) is 0 Å². The number of carbonyl (C=O) groups is 1. The molecule has 4 aromatic rings. The molecule has 162 valence electrons. The van der Waals surface area contributed by atoms with Crippen LogP contribution in [0.4, 0.5) is 5.13 Å². The molecular weight excluding hydrogens is 432 g/mol. The Morgan fingerprint density at radius 2 is 1.56 bits per heavy atom. The standard InChI is InChI=1S/C27H26N2OS2/c1-19(2)32-24-14-10-22(11-15-24)17-26(30)29-27-28-25(18-31-27)23-12-8-21(9-13-23)16-20-6-4-3-5-7-20/h3-15,18-19H,16-17H2,1-2H3,(H,28,29,30). The zero-order valence-electron chi connectivity index (χ0n) is 18.2. The average molecular weight is 459 g/mol. The minimum Gasteiger partial charge on any atom is -0.302 e. The monoisotopic (exact) mass is 458 g/mol. The highest BCUT2D eigenvalue weighted by Gasteiger charge is 2.10. The van der Waals surface area contributed by atoms with Gasteiger partial charge in [-0.1, -0.05) is 80.6 Å². The molecule has 0 bridgehead atoms. The van der Waals surface area contributed by atoms with Crippen LogP contribution in [0.15, 0.2) is 89.1 Å². The number of anilines is 1. The van der Waals surface area contributed by atoms with Crippen LogP contribution in [0.1, 0.15) is 30.5 Å². The summed E-state index contributed by atoms with van der Waals surface area (Å²) in [7, 11) is 0. The second-order valence-corrected chi connectivity index (χ2v) is 10.4. The van der Waals surface area contributed by atoms with Crippen LogP contribution in [0.3, 0.4) is 0 Å². The van der Waals surface area contributed by atoms with Crippen molar-refractivity contribution in [3.05, 3.63) is 101 Å². The van der Waals surface area contributed by atoms with Crippen molar-refractivity contribution >= 4 is 34.1 Å². The molecule has 0 aliphatic rings. The van der Waals surface area contributed by atoms with Gasteiger partial charge in [-0.3, -0.25) is 4.79 Å². The Morgan fingerprint density at radius 1 is 0.906 bits per heavy atom. The van der Waals surface area contributed by atoms with Gasteiger partial charge < -0.3 is 5.32 Å². The Kier molecular flexibility index (Phi) is 7.40. The number of benzene rings is 3. The van der Waals surface area contributed by atoms with Crippen molar-refractivity contribution in [1.82, 2.24) is 4.98 Å². The van der Waals surface area contributed by atoms with E-state index in [-0.39, 0.29) is 5.91 Å². The lowest BCUT2D eigenvalue weighted by atomic mass is 10.0. The fraction of sp³-hybridized carbons (Fsp3) is 0.185. The number of hydrogen-bond donors (Lipinski definition) is 1. The molecule has 3 nitrogen and oxygen atoms in total. The van der Waals surface area contributed by atoms with Crippen LogP contribution in [-0.4, -0.2) is 16.1 Å². The fourth-order valence-corrected chi connectivity index (χ4v) is 4.97. The topological polar surface area (TPSA) is 42.0 Å². The highest BCUT2D eigenvalue weighted by atomic mass is 32.2. The molecule has 0 spiro atoms. The summed E-state index contributed by atoms with van der Waals surface area (Å²) in [4.78, 5) is 18.3. The minimum atomic E-state index is -0.0478. The normalized spacial score (nSPS) is 11.0. The summed E-state index contributed by atoms with van der Waals surface area (Å²) in [6.45, 7) is 4.35. The van der Waals surface area contributed by atoms with E-state index in [4.69, 9.17) is 0 Å². The van der Waals surface area contributed by atoms with Crippen molar-refractivity contribution in [1.29, 1.82) is 0 Å². The Morgan fingerprint density at radius 3 is 2.25 bits per heavy atom. The van der Waals surface area contributed by atoms with Crippen LogP contribution in [0, 0.1) is 0 Å². The number of hydrogen-bond acceptors (Lipinski definition) is 4. The van der Waals surface area contributed by atoms with E-state index in [0.717, 1.165) is 23.2 Å². The molecule has 1 amide bonds. The molecule has 0 saturated carbocycles. The van der Waals surface area contributed by atoms with Gasteiger partial charge in [0.15, 0.2) is 5.13 Å². The molecule has 0 unspecified atom stereocenters. The van der Waals surface area contributed by atoms with Crippen LogP contribution in [0.25, 0.3) is 11.3 Å².